The summed E-state index contributed by atoms with van der Waals surface area (Å²) in [4.78, 5) is 20.3. The van der Waals surface area contributed by atoms with Crippen LogP contribution in [0.5, 0.6) is 0 Å². The van der Waals surface area contributed by atoms with Gasteiger partial charge in [0.2, 0.25) is 0 Å². The van der Waals surface area contributed by atoms with Crippen molar-refractivity contribution in [3.63, 3.8) is 0 Å². The quantitative estimate of drug-likeness (QED) is 0.862. The van der Waals surface area contributed by atoms with Crippen LogP contribution in [0.25, 0.3) is 0 Å². The summed E-state index contributed by atoms with van der Waals surface area (Å²) in [6.07, 6.45) is 2.63. The number of anilines is 2. The van der Waals surface area contributed by atoms with Crippen LogP contribution in [0.3, 0.4) is 0 Å². The minimum Gasteiger partial charge on any atom is -0.370 e. The lowest BCUT2D eigenvalue weighted by Crippen LogP contribution is -2.15. The summed E-state index contributed by atoms with van der Waals surface area (Å²) < 4.78 is 0. The molecule has 0 aliphatic heterocycles. The molecular formula is C14H16N4O. The fraction of sp³-hybridized carbons (Fsp3) is 0.214. The number of nitrogens with one attached hydrogen (secondary N) is 2. The maximum atomic E-state index is 12.0. The van der Waals surface area contributed by atoms with Crippen LogP contribution >= 0.6 is 0 Å². The van der Waals surface area contributed by atoms with Gasteiger partial charge in [-0.2, -0.15) is 0 Å². The Morgan fingerprint density at radius 3 is 2.74 bits per heavy atom. The molecule has 2 heterocycles. The molecule has 0 radical (unpaired) electrons. The maximum Gasteiger partial charge on any atom is 0.275 e. The Labute approximate surface area is 112 Å². The van der Waals surface area contributed by atoms with Crippen molar-refractivity contribution in [2.75, 3.05) is 17.2 Å². The van der Waals surface area contributed by atoms with Gasteiger partial charge in [-0.3, -0.25) is 4.79 Å². The SMILES string of the molecule is CCCNc1cccc(C(=O)Nc2ccccn2)n1. The fourth-order valence-corrected chi connectivity index (χ4v) is 1.53. The van der Waals surface area contributed by atoms with Crippen LogP contribution in [-0.4, -0.2) is 22.4 Å². The molecule has 98 valence electrons. The van der Waals surface area contributed by atoms with E-state index in [0.717, 1.165) is 13.0 Å². The van der Waals surface area contributed by atoms with E-state index in [1.54, 1.807) is 30.5 Å². The molecule has 0 aliphatic rings. The van der Waals surface area contributed by atoms with Crippen LogP contribution in [-0.2, 0) is 0 Å². The second kappa shape index (κ2) is 6.49. The van der Waals surface area contributed by atoms with Crippen LogP contribution in [0.4, 0.5) is 11.6 Å². The van der Waals surface area contributed by atoms with Gasteiger partial charge < -0.3 is 10.6 Å². The van der Waals surface area contributed by atoms with Crippen molar-refractivity contribution in [3.05, 3.63) is 48.3 Å². The van der Waals surface area contributed by atoms with Crippen molar-refractivity contribution in [1.29, 1.82) is 0 Å². The predicted molar refractivity (Wildman–Crippen MR) is 75.2 cm³/mol. The van der Waals surface area contributed by atoms with Gasteiger partial charge in [0.25, 0.3) is 5.91 Å². The summed E-state index contributed by atoms with van der Waals surface area (Å²) in [7, 11) is 0. The van der Waals surface area contributed by atoms with Gasteiger partial charge in [0.05, 0.1) is 0 Å². The Morgan fingerprint density at radius 1 is 1.16 bits per heavy atom. The number of rotatable bonds is 5. The highest BCUT2D eigenvalue weighted by atomic mass is 16.1. The van der Waals surface area contributed by atoms with E-state index < -0.39 is 0 Å². The molecule has 19 heavy (non-hydrogen) atoms. The summed E-state index contributed by atoms with van der Waals surface area (Å²) >= 11 is 0. The number of pyridine rings is 2. The highest BCUT2D eigenvalue weighted by Gasteiger charge is 2.08. The molecule has 2 aromatic heterocycles. The minimum absolute atomic E-state index is 0.265. The summed E-state index contributed by atoms with van der Waals surface area (Å²) in [5.74, 6) is 0.954. The standard InChI is InChI=1S/C14H16N4O/c1-2-9-15-12-8-5-6-11(17-12)14(19)18-13-7-3-4-10-16-13/h3-8,10H,2,9H2,1H3,(H,15,17)(H,16,18,19). The predicted octanol–water partition coefficient (Wildman–Crippen LogP) is 2.55. The van der Waals surface area contributed by atoms with Crippen molar-refractivity contribution >= 4 is 17.5 Å². The fourth-order valence-electron chi connectivity index (χ4n) is 1.53. The van der Waals surface area contributed by atoms with Gasteiger partial charge in [0.1, 0.15) is 17.3 Å². The average Bonchev–Trinajstić information content (AvgIpc) is 2.46. The molecule has 2 N–H and O–H groups in total. The number of carbonyl (C=O) groups is 1. The number of amides is 1. The monoisotopic (exact) mass is 256 g/mol. The topological polar surface area (TPSA) is 66.9 Å². The molecule has 0 saturated carbocycles. The van der Waals surface area contributed by atoms with Crippen LogP contribution in [0.2, 0.25) is 0 Å². The zero-order valence-corrected chi connectivity index (χ0v) is 10.8. The third-order valence-corrected chi connectivity index (χ3v) is 2.44. The van der Waals surface area contributed by atoms with E-state index in [2.05, 4.69) is 27.5 Å². The maximum absolute atomic E-state index is 12.0. The first-order valence-electron chi connectivity index (χ1n) is 6.23. The second-order valence-corrected chi connectivity index (χ2v) is 4.00. The summed E-state index contributed by atoms with van der Waals surface area (Å²) in [6.45, 7) is 2.91. The van der Waals surface area contributed by atoms with Crippen LogP contribution in [0.15, 0.2) is 42.6 Å². The first-order valence-corrected chi connectivity index (χ1v) is 6.23. The van der Waals surface area contributed by atoms with Gasteiger partial charge >= 0.3 is 0 Å². The Hall–Kier alpha value is -2.43. The number of nitrogens with zero attached hydrogens (tertiary/aromatic N) is 2. The lowest BCUT2D eigenvalue weighted by molar-refractivity contribution is 0.102. The van der Waals surface area contributed by atoms with E-state index in [4.69, 9.17) is 0 Å². The van der Waals surface area contributed by atoms with Crippen molar-refractivity contribution in [2.45, 2.75) is 13.3 Å². The smallest absolute Gasteiger partial charge is 0.275 e. The number of hydrogen-bond acceptors (Lipinski definition) is 4. The summed E-state index contributed by atoms with van der Waals surface area (Å²) in [5.41, 5.74) is 0.367. The number of aromatic nitrogens is 2. The normalized spacial score (nSPS) is 9.95. The van der Waals surface area contributed by atoms with E-state index in [1.165, 1.54) is 0 Å². The molecule has 5 nitrogen and oxygen atoms in total. The third-order valence-electron chi connectivity index (χ3n) is 2.44. The van der Waals surface area contributed by atoms with Gasteiger partial charge in [0, 0.05) is 12.7 Å². The molecule has 0 fully saturated rings. The Bertz CT molecular complexity index is 542. The largest absolute Gasteiger partial charge is 0.370 e. The molecule has 0 unspecified atom stereocenters. The molecule has 0 bridgehead atoms. The molecule has 0 atom stereocenters. The molecule has 2 aromatic rings. The van der Waals surface area contributed by atoms with E-state index in [1.807, 2.05) is 12.1 Å². The highest BCUT2D eigenvalue weighted by Crippen LogP contribution is 2.07. The third kappa shape index (κ3) is 3.77. The van der Waals surface area contributed by atoms with Crippen LogP contribution in [0.1, 0.15) is 23.8 Å². The van der Waals surface area contributed by atoms with E-state index >= 15 is 0 Å². The molecule has 5 heteroatoms. The average molecular weight is 256 g/mol. The van der Waals surface area contributed by atoms with Crippen molar-refractivity contribution in [3.8, 4) is 0 Å². The van der Waals surface area contributed by atoms with Crippen molar-refractivity contribution in [2.24, 2.45) is 0 Å². The molecular weight excluding hydrogens is 240 g/mol. The Kier molecular flexibility index (Phi) is 4.44. The molecule has 0 saturated heterocycles. The summed E-state index contributed by atoms with van der Waals surface area (Å²) in [5, 5.41) is 5.85. The van der Waals surface area contributed by atoms with E-state index in [-0.39, 0.29) is 5.91 Å². The summed E-state index contributed by atoms with van der Waals surface area (Å²) in [6, 6.07) is 10.7. The number of carbonyl (C=O) groups excluding carboxylic acids is 1. The molecule has 2 rings (SSSR count). The van der Waals surface area contributed by atoms with E-state index in [0.29, 0.717) is 17.3 Å². The first kappa shape index (κ1) is 13.0. The zero-order chi connectivity index (χ0) is 13.5. The van der Waals surface area contributed by atoms with Gasteiger partial charge in [-0.15, -0.1) is 0 Å². The molecule has 0 spiro atoms. The van der Waals surface area contributed by atoms with Gasteiger partial charge in [-0.1, -0.05) is 19.1 Å². The van der Waals surface area contributed by atoms with Crippen LogP contribution in [0, 0.1) is 0 Å². The number of hydrogen-bond donors (Lipinski definition) is 2. The van der Waals surface area contributed by atoms with Crippen molar-refractivity contribution in [1.82, 2.24) is 9.97 Å². The first-order chi connectivity index (χ1) is 9.29. The molecule has 0 aliphatic carbocycles. The van der Waals surface area contributed by atoms with Gasteiger partial charge in [0.15, 0.2) is 0 Å². The van der Waals surface area contributed by atoms with Gasteiger partial charge in [-0.05, 0) is 30.7 Å². The van der Waals surface area contributed by atoms with Crippen LogP contribution < -0.4 is 10.6 Å². The van der Waals surface area contributed by atoms with Gasteiger partial charge in [-0.25, -0.2) is 9.97 Å². The Balaban J connectivity index is 2.06. The lowest BCUT2D eigenvalue weighted by atomic mass is 10.3. The zero-order valence-electron chi connectivity index (χ0n) is 10.8. The van der Waals surface area contributed by atoms with E-state index in [9.17, 15) is 4.79 Å². The lowest BCUT2D eigenvalue weighted by Gasteiger charge is -2.06. The second-order valence-electron chi connectivity index (χ2n) is 4.00. The molecule has 1 amide bonds. The molecule has 0 aromatic carbocycles. The Morgan fingerprint density at radius 2 is 2.00 bits per heavy atom. The van der Waals surface area contributed by atoms with Crippen molar-refractivity contribution < 1.29 is 4.79 Å². The highest BCUT2D eigenvalue weighted by molar-refractivity contribution is 6.02. The minimum atomic E-state index is -0.265.